The van der Waals surface area contributed by atoms with Crippen LogP contribution < -0.4 is 5.73 Å². The van der Waals surface area contributed by atoms with Gasteiger partial charge in [0.05, 0.1) is 19.0 Å². The number of aliphatic hydroxyl groups is 1. The molecule has 0 radical (unpaired) electrons. The van der Waals surface area contributed by atoms with Crippen molar-refractivity contribution in [3.8, 4) is 0 Å². The van der Waals surface area contributed by atoms with Crippen LogP contribution in [-0.2, 0) is 0 Å². The smallest absolute Gasteiger partial charge is 0.0963 e. The third-order valence-electron chi connectivity index (χ3n) is 0.986. The molecule has 0 aliphatic rings. The Morgan fingerprint density at radius 3 is 2.40 bits per heavy atom. The Bertz CT molecular complexity index is 102. The van der Waals surface area contributed by atoms with Gasteiger partial charge in [-0.1, -0.05) is 13.8 Å². The molecule has 0 saturated heterocycles. The quantitative estimate of drug-likeness (QED) is 0.404. The van der Waals surface area contributed by atoms with Crippen LogP contribution in [0.4, 0.5) is 0 Å². The Hall–Kier alpha value is -0.610. The second-order valence-electron chi connectivity index (χ2n) is 2.18. The molecule has 0 atom stereocenters. The zero-order valence-electron chi connectivity index (χ0n) is 6.46. The second-order valence-corrected chi connectivity index (χ2v) is 2.18. The van der Waals surface area contributed by atoms with E-state index in [4.69, 9.17) is 10.8 Å². The van der Waals surface area contributed by atoms with Crippen LogP contribution in [-0.4, -0.2) is 29.6 Å². The lowest BCUT2D eigenvalue weighted by Crippen LogP contribution is -2.19. The maximum Gasteiger partial charge on any atom is 0.0963 e. The predicted octanol–water partition coefficient (Wildman–Crippen LogP) is -0.833. The number of nitrogens with zero attached hydrogens (tertiary/aromatic N) is 1. The molecule has 0 amide bonds. The zero-order chi connectivity index (χ0) is 7.28. The summed E-state index contributed by atoms with van der Waals surface area (Å²) in [5, 5.41) is 8.33. The monoisotopic (exact) mass is 148 g/mol. The standard InChI is InChI=1S/C6H14N2O.H2O/c1-5(2)6(7)8-3-4-9;/h5,9H,3-4H2,1-2H3,(H2,7,8);1H2. The van der Waals surface area contributed by atoms with Crippen LogP contribution in [0.15, 0.2) is 4.99 Å². The first-order chi connectivity index (χ1) is 4.18. The zero-order valence-corrected chi connectivity index (χ0v) is 6.46. The number of aliphatic hydroxyl groups excluding tert-OH is 1. The summed E-state index contributed by atoms with van der Waals surface area (Å²) in [6.45, 7) is 4.43. The summed E-state index contributed by atoms with van der Waals surface area (Å²) < 4.78 is 0. The molecule has 62 valence electrons. The number of amidine groups is 1. The summed E-state index contributed by atoms with van der Waals surface area (Å²) in [5.41, 5.74) is 5.44. The van der Waals surface area contributed by atoms with Gasteiger partial charge in [-0.3, -0.25) is 4.99 Å². The molecule has 0 aromatic carbocycles. The highest BCUT2D eigenvalue weighted by atomic mass is 16.3. The van der Waals surface area contributed by atoms with E-state index in [0.717, 1.165) is 0 Å². The number of hydrogen-bond donors (Lipinski definition) is 2. The summed E-state index contributed by atoms with van der Waals surface area (Å²) in [6.07, 6.45) is 0. The van der Waals surface area contributed by atoms with Crippen LogP contribution in [0.25, 0.3) is 0 Å². The van der Waals surface area contributed by atoms with Crippen LogP contribution in [0.5, 0.6) is 0 Å². The highest BCUT2D eigenvalue weighted by Gasteiger charge is 1.95. The van der Waals surface area contributed by atoms with Crippen LogP contribution in [0, 0.1) is 5.92 Å². The van der Waals surface area contributed by atoms with Crippen molar-refractivity contribution in [3.63, 3.8) is 0 Å². The molecule has 0 aromatic heterocycles. The normalized spacial score (nSPS) is 11.4. The van der Waals surface area contributed by atoms with E-state index in [9.17, 15) is 0 Å². The molecule has 0 aliphatic carbocycles. The molecule has 0 fully saturated rings. The molecule has 0 unspecified atom stereocenters. The summed E-state index contributed by atoms with van der Waals surface area (Å²) in [4.78, 5) is 3.89. The van der Waals surface area contributed by atoms with Gasteiger partial charge in [0, 0.05) is 5.92 Å². The van der Waals surface area contributed by atoms with Crippen LogP contribution in [0.3, 0.4) is 0 Å². The molecular weight excluding hydrogens is 132 g/mol. The minimum atomic E-state index is 0. The van der Waals surface area contributed by atoms with Gasteiger partial charge in [0.2, 0.25) is 0 Å². The molecule has 0 bridgehead atoms. The van der Waals surface area contributed by atoms with Gasteiger partial charge in [-0.25, -0.2) is 0 Å². The van der Waals surface area contributed by atoms with Crippen LogP contribution in [0.1, 0.15) is 13.8 Å². The molecule has 0 saturated carbocycles. The number of aliphatic imine (C=N–C) groups is 1. The van der Waals surface area contributed by atoms with Crippen molar-refractivity contribution in [1.29, 1.82) is 0 Å². The summed E-state index contributed by atoms with van der Waals surface area (Å²) >= 11 is 0. The van der Waals surface area contributed by atoms with Crippen molar-refractivity contribution >= 4 is 5.84 Å². The predicted molar refractivity (Wildman–Crippen MR) is 42.0 cm³/mol. The van der Waals surface area contributed by atoms with Gasteiger partial charge in [0.1, 0.15) is 0 Å². The van der Waals surface area contributed by atoms with Gasteiger partial charge in [-0.05, 0) is 0 Å². The Morgan fingerprint density at radius 1 is 1.60 bits per heavy atom. The van der Waals surface area contributed by atoms with Gasteiger partial charge in [0.15, 0.2) is 0 Å². The fraction of sp³-hybridized carbons (Fsp3) is 0.833. The van der Waals surface area contributed by atoms with E-state index < -0.39 is 0 Å². The maximum atomic E-state index is 8.33. The van der Waals surface area contributed by atoms with Gasteiger partial charge < -0.3 is 16.3 Å². The Kier molecular flexibility index (Phi) is 7.88. The highest BCUT2D eigenvalue weighted by Crippen LogP contribution is 1.89. The Labute approximate surface area is 61.1 Å². The number of nitrogens with two attached hydrogens (primary N) is 1. The fourth-order valence-corrected chi connectivity index (χ4v) is 0.362. The average molecular weight is 148 g/mol. The van der Waals surface area contributed by atoms with Crippen molar-refractivity contribution in [2.45, 2.75) is 13.8 Å². The van der Waals surface area contributed by atoms with Crippen molar-refractivity contribution in [2.75, 3.05) is 13.2 Å². The van der Waals surface area contributed by atoms with Crippen LogP contribution >= 0.6 is 0 Å². The first kappa shape index (κ1) is 12.1. The van der Waals surface area contributed by atoms with Crippen molar-refractivity contribution in [3.05, 3.63) is 0 Å². The fourth-order valence-electron chi connectivity index (χ4n) is 0.362. The molecule has 0 aromatic rings. The molecule has 0 spiro atoms. The number of rotatable bonds is 3. The maximum absolute atomic E-state index is 8.33. The number of hydrogen-bond acceptors (Lipinski definition) is 2. The van der Waals surface area contributed by atoms with E-state index in [-0.39, 0.29) is 18.0 Å². The van der Waals surface area contributed by atoms with Gasteiger partial charge >= 0.3 is 0 Å². The molecule has 0 rings (SSSR count). The molecule has 4 nitrogen and oxygen atoms in total. The van der Waals surface area contributed by atoms with E-state index in [0.29, 0.717) is 12.4 Å². The Balaban J connectivity index is 0. The van der Waals surface area contributed by atoms with Crippen LogP contribution in [0.2, 0.25) is 0 Å². The molecule has 0 aliphatic heterocycles. The first-order valence-electron chi connectivity index (χ1n) is 3.09. The summed E-state index contributed by atoms with van der Waals surface area (Å²) in [5.74, 6) is 0.903. The Morgan fingerprint density at radius 2 is 2.10 bits per heavy atom. The second kappa shape index (κ2) is 6.51. The van der Waals surface area contributed by atoms with Gasteiger partial charge in [-0.2, -0.15) is 0 Å². The summed E-state index contributed by atoms with van der Waals surface area (Å²) in [7, 11) is 0. The lowest BCUT2D eigenvalue weighted by atomic mass is 10.2. The molecular formula is C6H16N2O2. The van der Waals surface area contributed by atoms with Crippen molar-refractivity contribution in [1.82, 2.24) is 0 Å². The highest BCUT2D eigenvalue weighted by molar-refractivity contribution is 5.82. The van der Waals surface area contributed by atoms with Gasteiger partial charge in [0.25, 0.3) is 0 Å². The average Bonchev–Trinajstić information content (AvgIpc) is 1.82. The van der Waals surface area contributed by atoms with E-state index in [2.05, 4.69) is 4.99 Å². The molecule has 0 heterocycles. The lowest BCUT2D eigenvalue weighted by molar-refractivity contribution is 0.306. The van der Waals surface area contributed by atoms with Crippen molar-refractivity contribution < 1.29 is 10.6 Å². The molecule has 4 heteroatoms. The van der Waals surface area contributed by atoms with Crippen molar-refractivity contribution in [2.24, 2.45) is 16.6 Å². The lowest BCUT2D eigenvalue weighted by Gasteiger charge is -2.01. The molecule has 5 N–H and O–H groups in total. The minimum Gasteiger partial charge on any atom is -0.412 e. The van der Waals surface area contributed by atoms with E-state index in [1.165, 1.54) is 0 Å². The van der Waals surface area contributed by atoms with E-state index >= 15 is 0 Å². The summed E-state index contributed by atoms with van der Waals surface area (Å²) in [6, 6.07) is 0. The SMILES string of the molecule is CC(C)C(N)=NCCO.O. The molecule has 10 heavy (non-hydrogen) atoms. The third kappa shape index (κ3) is 5.53. The van der Waals surface area contributed by atoms with E-state index in [1.807, 2.05) is 13.8 Å². The first-order valence-corrected chi connectivity index (χ1v) is 3.09. The van der Waals surface area contributed by atoms with E-state index in [1.54, 1.807) is 0 Å². The third-order valence-corrected chi connectivity index (χ3v) is 0.986. The minimum absolute atomic E-state index is 0. The largest absolute Gasteiger partial charge is 0.412 e. The van der Waals surface area contributed by atoms with Gasteiger partial charge in [-0.15, -0.1) is 0 Å². The topological polar surface area (TPSA) is 90.1 Å².